The van der Waals surface area contributed by atoms with E-state index >= 15 is 0 Å². The number of benzene rings is 1. The lowest BCUT2D eigenvalue weighted by atomic mass is 9.78. The minimum absolute atomic E-state index is 0.174. The zero-order chi connectivity index (χ0) is 33.3. The molecule has 1 fully saturated rings. The number of anilines is 1. The number of allylic oxidation sites excluding steroid dienone is 5. The third-order valence-electron chi connectivity index (χ3n) is 10.8. The smallest absolute Gasteiger partial charge is 0.247 e. The number of thioether (sulfide) groups is 3. The molecule has 246 valence electrons. The highest BCUT2D eigenvalue weighted by Crippen LogP contribution is 2.72. The zero-order valence-corrected chi connectivity index (χ0v) is 31.4. The maximum absolute atomic E-state index is 14.8. The van der Waals surface area contributed by atoms with Crippen LogP contribution in [-0.4, -0.2) is 38.8 Å². The fourth-order valence-corrected chi connectivity index (χ4v) is 14.2. The van der Waals surface area contributed by atoms with Crippen molar-refractivity contribution in [2.24, 2.45) is 0 Å². The molecule has 0 radical (unpaired) electrons. The normalized spacial score (nSPS) is 23.8. The summed E-state index contributed by atoms with van der Waals surface area (Å²) in [7, 11) is 0. The van der Waals surface area contributed by atoms with Crippen molar-refractivity contribution in [3.63, 3.8) is 0 Å². The Morgan fingerprint density at radius 1 is 0.870 bits per heavy atom. The third-order valence-corrected chi connectivity index (χ3v) is 16.1. The number of imide groups is 1. The van der Waals surface area contributed by atoms with Gasteiger partial charge in [-0.3, -0.25) is 24.2 Å². The molecule has 1 aromatic carbocycles. The van der Waals surface area contributed by atoms with Crippen molar-refractivity contribution in [2.45, 2.75) is 130 Å². The summed E-state index contributed by atoms with van der Waals surface area (Å²) >= 11 is 6.02. The van der Waals surface area contributed by atoms with Crippen LogP contribution < -0.4 is 4.90 Å². The van der Waals surface area contributed by atoms with Crippen molar-refractivity contribution >= 4 is 69.8 Å². The van der Waals surface area contributed by atoms with Gasteiger partial charge in [0.25, 0.3) is 0 Å². The van der Waals surface area contributed by atoms with Gasteiger partial charge in [0.15, 0.2) is 0 Å². The molecule has 1 unspecified atom stereocenters. The van der Waals surface area contributed by atoms with Crippen LogP contribution in [0.25, 0.3) is 11.1 Å². The fraction of sp³-hybridized carbons (Fsp3) is 0.553. The second-order valence-corrected chi connectivity index (χ2v) is 17.2. The van der Waals surface area contributed by atoms with Crippen LogP contribution in [-0.2, 0) is 20.8 Å². The number of nitrogens with zero attached hydrogens (tertiary/aromatic N) is 2. The van der Waals surface area contributed by atoms with Gasteiger partial charge in [0, 0.05) is 28.9 Å². The molecule has 1 atom stereocenters. The number of amides is 3. The SMILES string of the molecule is CCC1=C(CC)SC2(S1)C(CC)=C(CC)SC1=C2c2cc3c(c(C)c2N(C(=O)CN2C(=O)CCC2=O)C1(C)CC)C(CC)=C(C)C3. The van der Waals surface area contributed by atoms with Crippen molar-refractivity contribution in [3.8, 4) is 0 Å². The average Bonchev–Trinajstić information content (AvgIpc) is 3.69. The van der Waals surface area contributed by atoms with Gasteiger partial charge in [0.1, 0.15) is 10.6 Å². The highest BCUT2D eigenvalue weighted by molar-refractivity contribution is 8.25. The molecule has 4 heterocycles. The molecule has 0 saturated carbocycles. The Kier molecular flexibility index (Phi) is 9.08. The summed E-state index contributed by atoms with van der Waals surface area (Å²) in [4.78, 5) is 49.3. The van der Waals surface area contributed by atoms with E-state index in [2.05, 4.69) is 91.9 Å². The lowest BCUT2D eigenvalue weighted by Crippen LogP contribution is -2.57. The minimum Gasteiger partial charge on any atom is -0.299 e. The molecule has 0 bridgehead atoms. The second kappa shape index (κ2) is 12.4. The van der Waals surface area contributed by atoms with Crippen LogP contribution in [0.1, 0.15) is 129 Å². The molecular weight excluding hydrogens is 629 g/mol. The Morgan fingerprint density at radius 2 is 1.48 bits per heavy atom. The van der Waals surface area contributed by atoms with E-state index in [4.69, 9.17) is 0 Å². The lowest BCUT2D eigenvalue weighted by Gasteiger charge is -2.53. The van der Waals surface area contributed by atoms with Gasteiger partial charge in [-0.05, 0) is 114 Å². The van der Waals surface area contributed by atoms with Gasteiger partial charge in [0.05, 0.1) is 11.2 Å². The summed E-state index contributed by atoms with van der Waals surface area (Å²) in [5.74, 6) is -0.665. The predicted molar refractivity (Wildman–Crippen MR) is 198 cm³/mol. The largest absolute Gasteiger partial charge is 0.299 e. The molecule has 3 amide bonds. The minimum atomic E-state index is -0.645. The Balaban J connectivity index is 1.67. The molecule has 0 aromatic heterocycles. The van der Waals surface area contributed by atoms with Gasteiger partial charge in [-0.1, -0.05) is 58.9 Å². The number of hydrogen-bond acceptors (Lipinski definition) is 6. The van der Waals surface area contributed by atoms with Crippen LogP contribution in [0.2, 0.25) is 0 Å². The summed E-state index contributed by atoms with van der Waals surface area (Å²) in [6.45, 7) is 20.0. The Morgan fingerprint density at radius 3 is 2.00 bits per heavy atom. The van der Waals surface area contributed by atoms with Crippen LogP contribution in [0.4, 0.5) is 5.69 Å². The first-order valence-electron chi connectivity index (χ1n) is 17.2. The Bertz CT molecular complexity index is 1660. The molecule has 1 saturated heterocycles. The van der Waals surface area contributed by atoms with Gasteiger partial charge in [-0.25, -0.2) is 0 Å². The molecule has 5 nitrogen and oxygen atoms in total. The first kappa shape index (κ1) is 33.7. The predicted octanol–water partition coefficient (Wildman–Crippen LogP) is 10.1. The molecule has 46 heavy (non-hydrogen) atoms. The molecule has 5 aliphatic rings. The summed E-state index contributed by atoms with van der Waals surface area (Å²) in [5.41, 5.74) is 11.0. The van der Waals surface area contributed by atoms with Gasteiger partial charge in [-0.15, -0.1) is 23.5 Å². The van der Waals surface area contributed by atoms with E-state index in [-0.39, 0.29) is 41.2 Å². The van der Waals surface area contributed by atoms with Crippen LogP contribution in [0.5, 0.6) is 0 Å². The van der Waals surface area contributed by atoms with Gasteiger partial charge in [0.2, 0.25) is 17.7 Å². The molecule has 0 N–H and O–H groups in total. The van der Waals surface area contributed by atoms with Crippen molar-refractivity contribution in [2.75, 3.05) is 11.4 Å². The molecule has 6 rings (SSSR count). The highest BCUT2D eigenvalue weighted by Gasteiger charge is 2.57. The first-order chi connectivity index (χ1) is 22.0. The summed E-state index contributed by atoms with van der Waals surface area (Å²) in [5, 5.41) is 0. The maximum atomic E-state index is 14.8. The van der Waals surface area contributed by atoms with E-state index in [1.807, 2.05) is 16.7 Å². The first-order valence-corrected chi connectivity index (χ1v) is 19.7. The third kappa shape index (κ3) is 4.70. The highest BCUT2D eigenvalue weighted by atomic mass is 32.2. The van der Waals surface area contributed by atoms with Crippen LogP contribution in [0.15, 0.2) is 36.8 Å². The van der Waals surface area contributed by atoms with Crippen LogP contribution in [0, 0.1) is 6.92 Å². The molecule has 8 heteroatoms. The van der Waals surface area contributed by atoms with E-state index in [0.717, 1.165) is 61.8 Å². The standard InChI is InChI=1S/C38H48N2O3S3/c1-10-24-21(7)18-23-19-25-34-36(44-27(12-3)26(11-2)38(34)45-28(13-4)29(14-5)46-38)37(9,15-6)40(35(25)22(8)33(23)24)32(43)20-39-30(41)16-17-31(39)42/h19H,10-18,20H2,1-9H3. The zero-order valence-electron chi connectivity index (χ0n) is 29.0. The maximum Gasteiger partial charge on any atom is 0.247 e. The fourth-order valence-electron chi connectivity index (χ4n) is 8.43. The van der Waals surface area contributed by atoms with Crippen molar-refractivity contribution in [1.82, 2.24) is 4.90 Å². The number of fused-ring (bicyclic) bond motifs is 4. The number of rotatable bonds is 8. The average molecular weight is 677 g/mol. The lowest BCUT2D eigenvalue weighted by molar-refractivity contribution is -0.142. The van der Waals surface area contributed by atoms with E-state index < -0.39 is 5.54 Å². The van der Waals surface area contributed by atoms with Gasteiger partial charge < -0.3 is 0 Å². The summed E-state index contributed by atoms with van der Waals surface area (Å²) in [6.07, 6.45) is 6.92. The van der Waals surface area contributed by atoms with E-state index in [1.165, 1.54) is 57.9 Å². The number of carbonyl (C=O) groups excluding carboxylic acids is 3. The van der Waals surface area contributed by atoms with Gasteiger partial charge >= 0.3 is 0 Å². The Labute approximate surface area is 288 Å². The topological polar surface area (TPSA) is 57.7 Å². The Hall–Kier alpha value is -2.16. The molecular formula is C38H48N2O3S3. The van der Waals surface area contributed by atoms with Crippen molar-refractivity contribution < 1.29 is 14.4 Å². The quantitative estimate of drug-likeness (QED) is 0.256. The molecule has 1 aromatic rings. The monoisotopic (exact) mass is 676 g/mol. The number of carbonyl (C=O) groups is 3. The molecule has 1 aliphatic carbocycles. The van der Waals surface area contributed by atoms with E-state index in [9.17, 15) is 14.4 Å². The van der Waals surface area contributed by atoms with E-state index in [0.29, 0.717) is 0 Å². The summed E-state index contributed by atoms with van der Waals surface area (Å²) < 4.78 is -0.284. The van der Waals surface area contributed by atoms with Crippen LogP contribution in [0.3, 0.4) is 0 Å². The van der Waals surface area contributed by atoms with Crippen LogP contribution >= 0.6 is 35.3 Å². The second-order valence-electron chi connectivity index (χ2n) is 13.2. The van der Waals surface area contributed by atoms with Crippen molar-refractivity contribution in [3.05, 3.63) is 59.1 Å². The molecule has 4 aliphatic heterocycles. The number of hydrogen-bond donors (Lipinski definition) is 0. The van der Waals surface area contributed by atoms with Crippen molar-refractivity contribution in [1.29, 1.82) is 0 Å². The molecule has 1 spiro atoms. The van der Waals surface area contributed by atoms with E-state index in [1.54, 1.807) is 0 Å². The van der Waals surface area contributed by atoms with Gasteiger partial charge in [-0.2, -0.15) is 0 Å². The number of likely N-dealkylation sites (tertiary alicyclic amines) is 1. The summed E-state index contributed by atoms with van der Waals surface area (Å²) in [6, 6.07) is 2.42.